The first-order valence-corrected chi connectivity index (χ1v) is 6.50. The van der Waals surface area contributed by atoms with Gasteiger partial charge in [0.2, 0.25) is 0 Å². The standard InChI is InChI=1S/C15H25N3/c1-10(2)8-12(4)18(5)14-7-6-13(15(16)17)9-11(14)3/h6-7,9-10,12H,8H2,1-5H3,(H3,16,17). The van der Waals surface area contributed by atoms with Gasteiger partial charge in [-0.3, -0.25) is 5.41 Å². The van der Waals surface area contributed by atoms with Crippen molar-refractivity contribution in [3.8, 4) is 0 Å². The predicted molar refractivity (Wildman–Crippen MR) is 79.5 cm³/mol. The summed E-state index contributed by atoms with van der Waals surface area (Å²) in [6.45, 7) is 8.81. The van der Waals surface area contributed by atoms with Gasteiger partial charge in [-0.15, -0.1) is 0 Å². The van der Waals surface area contributed by atoms with Gasteiger partial charge in [0.25, 0.3) is 0 Å². The SMILES string of the molecule is Cc1cc(C(=N)N)ccc1N(C)C(C)CC(C)C. The molecule has 0 aliphatic heterocycles. The Bertz CT molecular complexity index is 424. The molecule has 0 aliphatic carbocycles. The number of rotatable bonds is 5. The van der Waals surface area contributed by atoms with E-state index in [2.05, 4.69) is 45.7 Å². The molecular formula is C15H25N3. The van der Waals surface area contributed by atoms with Crippen LogP contribution in [0, 0.1) is 18.3 Å². The summed E-state index contributed by atoms with van der Waals surface area (Å²) in [5.41, 5.74) is 8.68. The number of nitrogens with zero attached hydrogens (tertiary/aromatic N) is 1. The molecule has 0 aromatic heterocycles. The Morgan fingerprint density at radius 1 is 1.33 bits per heavy atom. The highest BCUT2D eigenvalue weighted by Gasteiger charge is 2.14. The highest BCUT2D eigenvalue weighted by atomic mass is 15.1. The first-order chi connectivity index (χ1) is 8.32. The number of amidine groups is 1. The van der Waals surface area contributed by atoms with Crippen molar-refractivity contribution in [3.05, 3.63) is 29.3 Å². The molecule has 3 N–H and O–H groups in total. The topological polar surface area (TPSA) is 53.1 Å². The van der Waals surface area contributed by atoms with E-state index in [1.54, 1.807) is 0 Å². The molecule has 1 aromatic rings. The smallest absolute Gasteiger partial charge is 0.122 e. The van der Waals surface area contributed by atoms with Crippen LogP contribution in [0.3, 0.4) is 0 Å². The van der Waals surface area contributed by atoms with E-state index in [4.69, 9.17) is 11.1 Å². The van der Waals surface area contributed by atoms with E-state index >= 15 is 0 Å². The number of aryl methyl sites for hydroxylation is 1. The zero-order valence-electron chi connectivity index (χ0n) is 12.1. The van der Waals surface area contributed by atoms with Gasteiger partial charge in [0.1, 0.15) is 5.84 Å². The summed E-state index contributed by atoms with van der Waals surface area (Å²) in [4.78, 5) is 2.30. The second-order valence-electron chi connectivity index (χ2n) is 5.50. The van der Waals surface area contributed by atoms with Crippen LogP contribution in [-0.2, 0) is 0 Å². The van der Waals surface area contributed by atoms with Crippen molar-refractivity contribution in [1.29, 1.82) is 5.41 Å². The second-order valence-corrected chi connectivity index (χ2v) is 5.50. The number of nitrogens with two attached hydrogens (primary N) is 1. The number of hydrogen-bond donors (Lipinski definition) is 2. The second kappa shape index (κ2) is 5.89. The predicted octanol–water partition coefficient (Wildman–Crippen LogP) is 3.15. The molecule has 3 heteroatoms. The number of hydrogen-bond acceptors (Lipinski definition) is 2. The molecule has 1 atom stereocenters. The lowest BCUT2D eigenvalue weighted by Gasteiger charge is -2.30. The van der Waals surface area contributed by atoms with Gasteiger partial charge in [0.15, 0.2) is 0 Å². The molecule has 18 heavy (non-hydrogen) atoms. The minimum atomic E-state index is 0.127. The van der Waals surface area contributed by atoms with Crippen molar-refractivity contribution in [2.24, 2.45) is 11.7 Å². The molecule has 0 fully saturated rings. The van der Waals surface area contributed by atoms with E-state index in [0.717, 1.165) is 5.56 Å². The lowest BCUT2D eigenvalue weighted by molar-refractivity contribution is 0.504. The van der Waals surface area contributed by atoms with Gasteiger partial charge in [0, 0.05) is 24.3 Å². The minimum absolute atomic E-state index is 0.127. The highest BCUT2D eigenvalue weighted by Crippen LogP contribution is 2.24. The van der Waals surface area contributed by atoms with E-state index in [1.807, 2.05) is 12.1 Å². The fraction of sp³-hybridized carbons (Fsp3) is 0.533. The van der Waals surface area contributed by atoms with Crippen LogP contribution in [-0.4, -0.2) is 18.9 Å². The molecule has 3 nitrogen and oxygen atoms in total. The molecule has 0 spiro atoms. The first-order valence-electron chi connectivity index (χ1n) is 6.50. The van der Waals surface area contributed by atoms with Gasteiger partial charge in [-0.1, -0.05) is 13.8 Å². The van der Waals surface area contributed by atoms with Gasteiger partial charge >= 0.3 is 0 Å². The van der Waals surface area contributed by atoms with Gasteiger partial charge in [-0.05, 0) is 49.9 Å². The van der Waals surface area contributed by atoms with E-state index < -0.39 is 0 Å². The Labute approximate surface area is 111 Å². The van der Waals surface area contributed by atoms with Crippen LogP contribution in [0.1, 0.15) is 38.3 Å². The molecule has 1 rings (SSSR count). The van der Waals surface area contributed by atoms with Gasteiger partial charge in [0.05, 0.1) is 0 Å². The first kappa shape index (κ1) is 14.6. The molecule has 1 aromatic carbocycles. The van der Waals surface area contributed by atoms with Crippen LogP contribution >= 0.6 is 0 Å². The normalized spacial score (nSPS) is 12.6. The average molecular weight is 247 g/mol. The number of nitrogen functional groups attached to an aromatic ring is 1. The molecule has 0 aliphatic rings. The summed E-state index contributed by atoms with van der Waals surface area (Å²) in [5.74, 6) is 0.821. The number of nitrogens with one attached hydrogen (secondary N) is 1. The Morgan fingerprint density at radius 2 is 1.94 bits per heavy atom. The maximum atomic E-state index is 7.45. The van der Waals surface area contributed by atoms with E-state index in [9.17, 15) is 0 Å². The number of benzene rings is 1. The lowest BCUT2D eigenvalue weighted by Crippen LogP contribution is -2.30. The Morgan fingerprint density at radius 3 is 2.39 bits per heavy atom. The third-order valence-corrected chi connectivity index (χ3v) is 3.36. The van der Waals surface area contributed by atoms with E-state index in [-0.39, 0.29) is 5.84 Å². The molecule has 100 valence electrons. The van der Waals surface area contributed by atoms with Crippen molar-refractivity contribution in [2.75, 3.05) is 11.9 Å². The molecule has 0 saturated carbocycles. The van der Waals surface area contributed by atoms with Gasteiger partial charge in [-0.2, -0.15) is 0 Å². The Balaban J connectivity index is 2.92. The average Bonchev–Trinajstić information content (AvgIpc) is 2.26. The lowest BCUT2D eigenvalue weighted by atomic mass is 10.0. The highest BCUT2D eigenvalue weighted by molar-refractivity contribution is 5.95. The van der Waals surface area contributed by atoms with Crippen molar-refractivity contribution in [3.63, 3.8) is 0 Å². The van der Waals surface area contributed by atoms with E-state index in [0.29, 0.717) is 12.0 Å². The Hall–Kier alpha value is -1.51. The van der Waals surface area contributed by atoms with Crippen molar-refractivity contribution < 1.29 is 0 Å². The maximum absolute atomic E-state index is 7.45. The zero-order chi connectivity index (χ0) is 13.9. The van der Waals surface area contributed by atoms with Crippen LogP contribution in [0.2, 0.25) is 0 Å². The molecule has 0 bridgehead atoms. The molecular weight excluding hydrogens is 222 g/mol. The molecule has 0 heterocycles. The molecule has 0 radical (unpaired) electrons. The summed E-state index contributed by atoms with van der Waals surface area (Å²) >= 11 is 0. The largest absolute Gasteiger partial charge is 0.384 e. The molecule has 1 unspecified atom stereocenters. The minimum Gasteiger partial charge on any atom is -0.384 e. The quantitative estimate of drug-likeness (QED) is 0.620. The van der Waals surface area contributed by atoms with E-state index in [1.165, 1.54) is 17.7 Å². The zero-order valence-corrected chi connectivity index (χ0v) is 12.1. The van der Waals surface area contributed by atoms with Crippen LogP contribution < -0.4 is 10.6 Å². The third-order valence-electron chi connectivity index (χ3n) is 3.36. The van der Waals surface area contributed by atoms with Crippen LogP contribution in [0.5, 0.6) is 0 Å². The van der Waals surface area contributed by atoms with Crippen LogP contribution in [0.25, 0.3) is 0 Å². The van der Waals surface area contributed by atoms with Crippen molar-refractivity contribution in [1.82, 2.24) is 0 Å². The summed E-state index contributed by atoms with van der Waals surface area (Å²) in [5, 5.41) is 7.45. The van der Waals surface area contributed by atoms with Crippen LogP contribution in [0.4, 0.5) is 5.69 Å². The molecule has 0 amide bonds. The monoisotopic (exact) mass is 247 g/mol. The van der Waals surface area contributed by atoms with Crippen molar-refractivity contribution >= 4 is 11.5 Å². The summed E-state index contributed by atoms with van der Waals surface area (Å²) in [6.07, 6.45) is 1.17. The van der Waals surface area contributed by atoms with Crippen LogP contribution in [0.15, 0.2) is 18.2 Å². The van der Waals surface area contributed by atoms with Gasteiger partial charge < -0.3 is 10.6 Å². The maximum Gasteiger partial charge on any atom is 0.122 e. The number of anilines is 1. The van der Waals surface area contributed by atoms with Crippen molar-refractivity contribution in [2.45, 2.75) is 40.2 Å². The third kappa shape index (κ3) is 3.49. The summed E-state index contributed by atoms with van der Waals surface area (Å²) in [7, 11) is 2.13. The summed E-state index contributed by atoms with van der Waals surface area (Å²) < 4.78 is 0. The Kier molecular flexibility index (Phi) is 4.76. The fourth-order valence-corrected chi connectivity index (χ4v) is 2.30. The molecule has 0 saturated heterocycles. The van der Waals surface area contributed by atoms with Gasteiger partial charge in [-0.25, -0.2) is 0 Å². The fourth-order valence-electron chi connectivity index (χ4n) is 2.30. The summed E-state index contributed by atoms with van der Waals surface area (Å²) in [6, 6.07) is 6.47.